The molecule has 116 valence electrons. The van der Waals surface area contributed by atoms with Crippen molar-refractivity contribution in [2.45, 2.75) is 44.3 Å². The molecule has 0 bridgehead atoms. The van der Waals surface area contributed by atoms with E-state index in [2.05, 4.69) is 5.32 Å². The Hall–Kier alpha value is -1.33. The Balaban J connectivity index is 2.31. The number of carbonyl (C=O) groups is 1. The summed E-state index contributed by atoms with van der Waals surface area (Å²) in [6, 6.07) is 4.50. The van der Waals surface area contributed by atoms with Crippen molar-refractivity contribution in [1.29, 1.82) is 0 Å². The number of hydrogen-bond acceptors (Lipinski definition) is 3. The molecule has 21 heavy (non-hydrogen) atoms. The van der Waals surface area contributed by atoms with Gasteiger partial charge in [-0.25, -0.2) is 4.39 Å². The fourth-order valence-corrected chi connectivity index (χ4v) is 3.12. The van der Waals surface area contributed by atoms with Crippen molar-refractivity contribution in [3.63, 3.8) is 0 Å². The normalized spacial score (nSPS) is 25.5. The molecule has 0 aromatic heterocycles. The average molecular weight is 314 g/mol. The number of carbonyl (C=O) groups excluding carboxylic acids is 1. The van der Waals surface area contributed by atoms with Crippen LogP contribution in [0.3, 0.4) is 0 Å². The summed E-state index contributed by atoms with van der Waals surface area (Å²) in [7, 11) is 1.76. The van der Waals surface area contributed by atoms with Crippen LogP contribution in [0.25, 0.3) is 0 Å². The molecule has 6 heteroatoms. The van der Waals surface area contributed by atoms with Crippen LogP contribution in [0.4, 0.5) is 10.1 Å². The number of nitrogens with one attached hydrogen (secondary N) is 1. The lowest BCUT2D eigenvalue weighted by Crippen LogP contribution is -2.59. The Morgan fingerprint density at radius 3 is 2.86 bits per heavy atom. The van der Waals surface area contributed by atoms with Crippen LogP contribution >= 0.6 is 11.6 Å². The van der Waals surface area contributed by atoms with Gasteiger partial charge in [0.25, 0.3) is 0 Å². The smallest absolute Gasteiger partial charge is 0.221 e. The van der Waals surface area contributed by atoms with E-state index in [1.54, 1.807) is 18.0 Å². The molecule has 1 amide bonds. The van der Waals surface area contributed by atoms with E-state index in [1.807, 2.05) is 0 Å². The van der Waals surface area contributed by atoms with Gasteiger partial charge >= 0.3 is 0 Å². The molecule has 1 aliphatic rings. The van der Waals surface area contributed by atoms with Gasteiger partial charge in [-0.1, -0.05) is 11.6 Å². The summed E-state index contributed by atoms with van der Waals surface area (Å²) in [5.74, 6) is -0.499. The summed E-state index contributed by atoms with van der Waals surface area (Å²) < 4.78 is 13.3. The van der Waals surface area contributed by atoms with Crippen molar-refractivity contribution in [3.05, 3.63) is 29.0 Å². The van der Waals surface area contributed by atoms with Gasteiger partial charge in [-0.2, -0.15) is 0 Å². The van der Waals surface area contributed by atoms with Gasteiger partial charge < -0.3 is 16.0 Å². The predicted molar refractivity (Wildman–Crippen MR) is 82.7 cm³/mol. The van der Waals surface area contributed by atoms with Crippen molar-refractivity contribution in [2.24, 2.45) is 5.73 Å². The Morgan fingerprint density at radius 1 is 1.57 bits per heavy atom. The minimum Gasteiger partial charge on any atom is -0.363 e. The van der Waals surface area contributed by atoms with Gasteiger partial charge in [-0.05, 0) is 37.5 Å². The molecular formula is C15H21ClFN3O. The summed E-state index contributed by atoms with van der Waals surface area (Å²) in [6.07, 6.45) is 3.32. The first kappa shape index (κ1) is 16.0. The van der Waals surface area contributed by atoms with Gasteiger partial charge in [0.05, 0.1) is 5.02 Å². The molecule has 0 radical (unpaired) electrons. The van der Waals surface area contributed by atoms with E-state index in [1.165, 1.54) is 19.1 Å². The second-order valence-electron chi connectivity index (χ2n) is 5.72. The number of benzene rings is 1. The molecule has 0 aliphatic heterocycles. The zero-order valence-corrected chi connectivity index (χ0v) is 13.1. The second-order valence-corrected chi connectivity index (χ2v) is 6.13. The molecule has 2 unspecified atom stereocenters. The lowest BCUT2D eigenvalue weighted by molar-refractivity contribution is -0.133. The highest BCUT2D eigenvalue weighted by molar-refractivity contribution is 6.31. The SMILES string of the molecule is CC(=O)N(C)C1(Nc2ccc(F)c(Cl)c2)CCCC(N)C1. The third kappa shape index (κ3) is 3.47. The van der Waals surface area contributed by atoms with E-state index >= 15 is 0 Å². The maximum Gasteiger partial charge on any atom is 0.221 e. The molecule has 2 rings (SSSR count). The van der Waals surface area contributed by atoms with Crippen molar-refractivity contribution < 1.29 is 9.18 Å². The predicted octanol–water partition coefficient (Wildman–Crippen LogP) is 2.97. The lowest BCUT2D eigenvalue weighted by Gasteiger charge is -2.47. The largest absolute Gasteiger partial charge is 0.363 e. The highest BCUT2D eigenvalue weighted by Gasteiger charge is 2.40. The standard InChI is InChI=1S/C15H21ClFN3O/c1-10(21)20(2)15(7-3-4-11(18)9-15)19-12-5-6-14(17)13(16)8-12/h5-6,8,11,19H,3-4,7,9,18H2,1-2H3. The van der Waals surface area contributed by atoms with Gasteiger partial charge in [0.15, 0.2) is 0 Å². The summed E-state index contributed by atoms with van der Waals surface area (Å²) >= 11 is 5.83. The molecule has 1 aromatic carbocycles. The zero-order chi connectivity index (χ0) is 15.6. The summed E-state index contributed by atoms with van der Waals surface area (Å²) in [6.45, 7) is 1.53. The minimum absolute atomic E-state index is 0.0315. The van der Waals surface area contributed by atoms with E-state index in [9.17, 15) is 9.18 Å². The Morgan fingerprint density at radius 2 is 2.29 bits per heavy atom. The number of rotatable bonds is 3. The number of nitrogens with zero attached hydrogens (tertiary/aromatic N) is 1. The van der Waals surface area contributed by atoms with Crippen LogP contribution in [0.1, 0.15) is 32.6 Å². The Bertz CT molecular complexity index is 540. The number of halogens is 2. The molecule has 2 atom stereocenters. The Labute approximate surface area is 129 Å². The number of amides is 1. The lowest BCUT2D eigenvalue weighted by atomic mass is 9.84. The van der Waals surface area contributed by atoms with E-state index in [4.69, 9.17) is 17.3 Å². The van der Waals surface area contributed by atoms with Crippen LogP contribution in [0.2, 0.25) is 5.02 Å². The van der Waals surface area contributed by atoms with Gasteiger partial charge in [-0.3, -0.25) is 4.79 Å². The topological polar surface area (TPSA) is 58.4 Å². The number of hydrogen-bond donors (Lipinski definition) is 2. The fraction of sp³-hybridized carbons (Fsp3) is 0.533. The van der Waals surface area contributed by atoms with E-state index in [-0.39, 0.29) is 17.0 Å². The van der Waals surface area contributed by atoms with Gasteiger partial charge in [0.1, 0.15) is 11.5 Å². The summed E-state index contributed by atoms with van der Waals surface area (Å²) in [5.41, 5.74) is 6.22. The minimum atomic E-state index is -0.551. The monoisotopic (exact) mass is 313 g/mol. The molecule has 3 N–H and O–H groups in total. The number of nitrogens with two attached hydrogens (primary N) is 1. The summed E-state index contributed by atoms with van der Waals surface area (Å²) in [4.78, 5) is 13.5. The van der Waals surface area contributed by atoms with Crippen LogP contribution in [-0.4, -0.2) is 29.6 Å². The fourth-order valence-electron chi connectivity index (χ4n) is 2.94. The number of anilines is 1. The molecule has 4 nitrogen and oxygen atoms in total. The van der Waals surface area contributed by atoms with Gasteiger partial charge in [0, 0.05) is 32.1 Å². The van der Waals surface area contributed by atoms with Gasteiger partial charge in [-0.15, -0.1) is 0 Å². The van der Waals surface area contributed by atoms with E-state index in [0.717, 1.165) is 19.3 Å². The van der Waals surface area contributed by atoms with Gasteiger partial charge in [0.2, 0.25) is 5.91 Å². The Kier molecular flexibility index (Phi) is 4.74. The molecular weight excluding hydrogens is 293 g/mol. The molecule has 0 saturated heterocycles. The second kappa shape index (κ2) is 6.20. The quantitative estimate of drug-likeness (QED) is 0.843. The first-order chi connectivity index (χ1) is 9.84. The van der Waals surface area contributed by atoms with Crippen LogP contribution in [0, 0.1) is 5.82 Å². The van der Waals surface area contributed by atoms with Crippen LogP contribution in [0.15, 0.2) is 18.2 Å². The molecule has 1 saturated carbocycles. The van der Waals surface area contributed by atoms with Crippen LogP contribution < -0.4 is 11.1 Å². The van der Waals surface area contributed by atoms with Crippen molar-refractivity contribution in [3.8, 4) is 0 Å². The third-order valence-corrected chi connectivity index (χ3v) is 4.47. The van der Waals surface area contributed by atoms with Crippen LogP contribution in [0.5, 0.6) is 0 Å². The van der Waals surface area contributed by atoms with Crippen molar-refractivity contribution in [1.82, 2.24) is 4.90 Å². The van der Waals surface area contributed by atoms with Crippen molar-refractivity contribution in [2.75, 3.05) is 12.4 Å². The molecule has 1 aliphatic carbocycles. The molecule has 1 aromatic rings. The molecule has 0 spiro atoms. The third-order valence-electron chi connectivity index (χ3n) is 4.18. The molecule has 0 heterocycles. The maximum absolute atomic E-state index is 13.3. The van der Waals surface area contributed by atoms with E-state index < -0.39 is 11.5 Å². The highest BCUT2D eigenvalue weighted by Crippen LogP contribution is 2.34. The maximum atomic E-state index is 13.3. The summed E-state index contributed by atoms with van der Waals surface area (Å²) in [5, 5.41) is 3.40. The van der Waals surface area contributed by atoms with Crippen molar-refractivity contribution >= 4 is 23.2 Å². The van der Waals surface area contributed by atoms with E-state index in [0.29, 0.717) is 12.1 Å². The zero-order valence-electron chi connectivity index (χ0n) is 12.3. The van der Waals surface area contributed by atoms with Crippen LogP contribution in [-0.2, 0) is 4.79 Å². The first-order valence-corrected chi connectivity index (χ1v) is 7.45. The first-order valence-electron chi connectivity index (χ1n) is 7.07. The highest BCUT2D eigenvalue weighted by atomic mass is 35.5. The average Bonchev–Trinajstić information content (AvgIpc) is 2.42. The molecule has 1 fully saturated rings.